The zero-order chi connectivity index (χ0) is 37.7. The van der Waals surface area contributed by atoms with Crippen LogP contribution in [0.3, 0.4) is 0 Å². The number of hydrogen-bond donors (Lipinski definition) is 0. The van der Waals surface area contributed by atoms with Gasteiger partial charge in [0.1, 0.15) is 22.3 Å². The second-order valence-electron chi connectivity index (χ2n) is 14.5. The van der Waals surface area contributed by atoms with Crippen molar-refractivity contribution in [2.24, 2.45) is 0 Å². The highest BCUT2D eigenvalue weighted by molar-refractivity contribution is 6.23. The third kappa shape index (κ3) is 5.68. The first kappa shape index (κ1) is 32.8. The molecule has 268 valence electrons. The van der Waals surface area contributed by atoms with Crippen LogP contribution in [0.15, 0.2) is 221 Å². The van der Waals surface area contributed by atoms with E-state index in [9.17, 15) is 0 Å². The number of para-hydroxylation sites is 2. The average Bonchev–Trinajstić information content (AvgIpc) is 3.85. The van der Waals surface area contributed by atoms with Gasteiger partial charge >= 0.3 is 0 Å². The molecule has 0 atom stereocenters. The van der Waals surface area contributed by atoms with Gasteiger partial charge in [0.2, 0.25) is 0 Å². The zero-order valence-electron chi connectivity index (χ0n) is 31.0. The smallest absolute Gasteiger partial charge is 0.144 e. The van der Waals surface area contributed by atoms with E-state index in [2.05, 4.69) is 205 Å². The molecule has 3 heteroatoms. The van der Waals surface area contributed by atoms with Crippen LogP contribution in [-0.2, 0) is 0 Å². The van der Waals surface area contributed by atoms with Crippen LogP contribution in [0.1, 0.15) is 0 Å². The van der Waals surface area contributed by atoms with Gasteiger partial charge in [-0.15, -0.1) is 0 Å². The number of benzene rings is 9. The molecule has 0 unspecified atom stereocenters. The SMILES string of the molecule is c1ccc(-c2ccc(-c3c4oc5cc(N(c6ccc(-c7ccccc7)cc6)c6ccccc6-c6ccccc6)ccc5c4cc4oc5ccccc5c34)cc2)cc1. The number of fused-ring (bicyclic) bond motifs is 6. The second kappa shape index (κ2) is 13.6. The summed E-state index contributed by atoms with van der Waals surface area (Å²) in [5.41, 5.74) is 15.6. The Morgan fingerprint density at radius 3 is 1.56 bits per heavy atom. The molecule has 0 fully saturated rings. The molecular weight excluding hydrogens is 695 g/mol. The van der Waals surface area contributed by atoms with E-state index in [0.717, 1.165) is 83.2 Å². The van der Waals surface area contributed by atoms with Gasteiger partial charge < -0.3 is 13.7 Å². The first-order valence-electron chi connectivity index (χ1n) is 19.3. The minimum Gasteiger partial charge on any atom is -0.456 e. The molecule has 2 heterocycles. The molecule has 0 bridgehead atoms. The lowest BCUT2D eigenvalue weighted by Gasteiger charge is -2.28. The van der Waals surface area contributed by atoms with Gasteiger partial charge in [0.25, 0.3) is 0 Å². The lowest BCUT2D eigenvalue weighted by atomic mass is 9.95. The van der Waals surface area contributed by atoms with Crippen LogP contribution >= 0.6 is 0 Å². The first-order chi connectivity index (χ1) is 28.3. The molecular formula is C54H35NO2. The second-order valence-corrected chi connectivity index (χ2v) is 14.5. The van der Waals surface area contributed by atoms with Gasteiger partial charge in [-0.2, -0.15) is 0 Å². The third-order valence-corrected chi connectivity index (χ3v) is 11.1. The Kier molecular flexibility index (Phi) is 7.82. The Balaban J connectivity index is 1.12. The molecule has 57 heavy (non-hydrogen) atoms. The first-order valence-corrected chi connectivity index (χ1v) is 19.3. The Morgan fingerprint density at radius 2 is 0.860 bits per heavy atom. The van der Waals surface area contributed by atoms with Crippen LogP contribution < -0.4 is 4.90 Å². The maximum absolute atomic E-state index is 7.07. The molecule has 0 aliphatic heterocycles. The molecule has 11 aromatic rings. The Hall–Kier alpha value is -7.62. The Labute approximate surface area is 330 Å². The Morgan fingerprint density at radius 1 is 0.316 bits per heavy atom. The average molecular weight is 730 g/mol. The normalized spacial score (nSPS) is 11.5. The van der Waals surface area contributed by atoms with Crippen molar-refractivity contribution < 1.29 is 8.83 Å². The minimum atomic E-state index is 0.810. The fraction of sp³-hybridized carbons (Fsp3) is 0. The molecule has 3 nitrogen and oxygen atoms in total. The van der Waals surface area contributed by atoms with Crippen molar-refractivity contribution in [3.8, 4) is 44.5 Å². The van der Waals surface area contributed by atoms with Crippen LogP contribution in [0.4, 0.5) is 17.1 Å². The van der Waals surface area contributed by atoms with Crippen LogP contribution in [0, 0.1) is 0 Å². The molecule has 0 saturated carbocycles. The monoisotopic (exact) mass is 729 g/mol. The summed E-state index contributed by atoms with van der Waals surface area (Å²) in [5.74, 6) is 0. The van der Waals surface area contributed by atoms with Gasteiger partial charge in [-0.3, -0.25) is 0 Å². The molecule has 0 saturated heterocycles. The molecule has 0 aliphatic rings. The van der Waals surface area contributed by atoms with E-state index in [1.54, 1.807) is 0 Å². The van der Waals surface area contributed by atoms with Crippen LogP contribution in [0.2, 0.25) is 0 Å². The van der Waals surface area contributed by atoms with Crippen molar-refractivity contribution in [1.29, 1.82) is 0 Å². The number of nitrogens with zero attached hydrogens (tertiary/aromatic N) is 1. The highest BCUT2D eigenvalue weighted by atomic mass is 16.3. The summed E-state index contributed by atoms with van der Waals surface area (Å²) in [7, 11) is 0. The lowest BCUT2D eigenvalue weighted by Crippen LogP contribution is -2.11. The van der Waals surface area contributed by atoms with Crippen molar-refractivity contribution in [2.75, 3.05) is 4.90 Å². The maximum Gasteiger partial charge on any atom is 0.144 e. The molecule has 9 aromatic carbocycles. The number of hydrogen-bond acceptors (Lipinski definition) is 3. The summed E-state index contributed by atoms with van der Waals surface area (Å²) in [6.45, 7) is 0. The summed E-state index contributed by atoms with van der Waals surface area (Å²) in [6.07, 6.45) is 0. The summed E-state index contributed by atoms with van der Waals surface area (Å²) < 4.78 is 13.6. The predicted octanol–water partition coefficient (Wildman–Crippen LogP) is 15.6. The minimum absolute atomic E-state index is 0.810. The van der Waals surface area contributed by atoms with E-state index in [1.165, 1.54) is 22.3 Å². The van der Waals surface area contributed by atoms with Crippen molar-refractivity contribution >= 4 is 60.9 Å². The molecule has 2 aromatic heterocycles. The predicted molar refractivity (Wildman–Crippen MR) is 237 cm³/mol. The fourth-order valence-corrected chi connectivity index (χ4v) is 8.37. The molecule has 0 aliphatic carbocycles. The summed E-state index contributed by atoms with van der Waals surface area (Å²) >= 11 is 0. The van der Waals surface area contributed by atoms with Gasteiger partial charge in [-0.05, 0) is 75.8 Å². The molecule has 11 rings (SSSR count). The molecule has 0 spiro atoms. The van der Waals surface area contributed by atoms with Crippen LogP contribution in [0.5, 0.6) is 0 Å². The van der Waals surface area contributed by atoms with Crippen molar-refractivity contribution in [3.63, 3.8) is 0 Å². The third-order valence-electron chi connectivity index (χ3n) is 11.1. The van der Waals surface area contributed by atoms with Crippen molar-refractivity contribution in [1.82, 2.24) is 0 Å². The van der Waals surface area contributed by atoms with E-state index in [0.29, 0.717) is 0 Å². The van der Waals surface area contributed by atoms with Crippen molar-refractivity contribution in [2.45, 2.75) is 0 Å². The zero-order valence-corrected chi connectivity index (χ0v) is 31.0. The van der Waals surface area contributed by atoms with Gasteiger partial charge in [0, 0.05) is 50.1 Å². The van der Waals surface area contributed by atoms with Gasteiger partial charge in [-0.1, -0.05) is 164 Å². The van der Waals surface area contributed by atoms with Gasteiger partial charge in [0.05, 0.1) is 5.69 Å². The standard InChI is InChI=1S/C54H35NO2/c1-4-14-36(15-5-1)38-24-26-41(27-25-38)52-53-46-21-11-13-23-49(46)56-51(53)35-47-45-33-32-43(34-50(45)57-54(47)52)55(42-30-28-39(29-31-42)37-16-6-2-7-17-37)48-22-12-10-20-44(48)40-18-8-3-9-19-40/h1-35H. The van der Waals surface area contributed by atoms with Crippen LogP contribution in [0.25, 0.3) is 88.4 Å². The molecule has 0 N–H and O–H groups in total. The number of rotatable bonds is 7. The number of furan rings is 2. The fourth-order valence-electron chi connectivity index (χ4n) is 8.37. The van der Waals surface area contributed by atoms with Gasteiger partial charge in [-0.25, -0.2) is 0 Å². The largest absolute Gasteiger partial charge is 0.456 e. The lowest BCUT2D eigenvalue weighted by molar-refractivity contribution is 0.664. The summed E-state index contributed by atoms with van der Waals surface area (Å²) in [6, 6.07) is 74.9. The van der Waals surface area contributed by atoms with Gasteiger partial charge in [0.15, 0.2) is 0 Å². The van der Waals surface area contributed by atoms with Crippen LogP contribution in [-0.4, -0.2) is 0 Å². The highest BCUT2D eigenvalue weighted by Gasteiger charge is 2.23. The van der Waals surface area contributed by atoms with Crippen molar-refractivity contribution in [3.05, 3.63) is 212 Å². The van der Waals surface area contributed by atoms with E-state index in [4.69, 9.17) is 8.83 Å². The number of anilines is 3. The quantitative estimate of drug-likeness (QED) is 0.164. The summed E-state index contributed by atoms with van der Waals surface area (Å²) in [4.78, 5) is 2.34. The highest BCUT2D eigenvalue weighted by Crippen LogP contribution is 2.47. The maximum atomic E-state index is 7.07. The summed E-state index contributed by atoms with van der Waals surface area (Å²) in [5, 5.41) is 4.18. The topological polar surface area (TPSA) is 29.5 Å². The van der Waals surface area contributed by atoms with E-state index >= 15 is 0 Å². The molecule has 0 radical (unpaired) electrons. The Bertz CT molecular complexity index is 3200. The van der Waals surface area contributed by atoms with E-state index < -0.39 is 0 Å². The van der Waals surface area contributed by atoms with E-state index in [1.807, 2.05) is 12.1 Å². The molecule has 0 amide bonds. The van der Waals surface area contributed by atoms with E-state index in [-0.39, 0.29) is 0 Å².